The summed E-state index contributed by atoms with van der Waals surface area (Å²) in [6.45, 7) is 0.629. The van der Waals surface area contributed by atoms with Crippen molar-refractivity contribution < 1.29 is 9.59 Å². The number of benzene rings is 2. The average Bonchev–Trinajstić information content (AvgIpc) is 3.08. The Hall–Kier alpha value is -2.33. The van der Waals surface area contributed by atoms with Crippen LogP contribution in [0.5, 0.6) is 0 Å². The zero-order chi connectivity index (χ0) is 16.9. The van der Waals surface area contributed by atoms with E-state index in [1.807, 2.05) is 30.3 Å². The number of anilines is 1. The van der Waals surface area contributed by atoms with E-state index in [1.165, 1.54) is 0 Å². The Kier molecular flexibility index (Phi) is 5.16. The molecule has 0 spiro atoms. The predicted octanol–water partition coefficient (Wildman–Crippen LogP) is 3.51. The van der Waals surface area contributed by atoms with Crippen LogP contribution < -0.4 is 5.32 Å². The van der Waals surface area contributed by atoms with Crippen LogP contribution in [0, 0.1) is 0 Å². The number of hydrogen-bond donors (Lipinski definition) is 1. The number of hydrogen-bond acceptors (Lipinski definition) is 2. The average molecular weight is 343 g/mol. The molecule has 0 aromatic heterocycles. The minimum atomic E-state index is -0.406. The van der Waals surface area contributed by atoms with Crippen LogP contribution in [0.1, 0.15) is 18.4 Å². The summed E-state index contributed by atoms with van der Waals surface area (Å²) >= 11 is 5.85. The molecule has 1 atom stereocenters. The van der Waals surface area contributed by atoms with E-state index in [2.05, 4.69) is 5.32 Å². The van der Waals surface area contributed by atoms with Crippen molar-refractivity contribution in [3.8, 4) is 0 Å². The number of carbonyl (C=O) groups is 2. The van der Waals surface area contributed by atoms with Gasteiger partial charge in [-0.1, -0.05) is 41.9 Å². The van der Waals surface area contributed by atoms with Crippen LogP contribution in [0.2, 0.25) is 5.02 Å². The molecule has 2 aromatic rings. The summed E-state index contributed by atoms with van der Waals surface area (Å²) < 4.78 is 0. The third-order valence-electron chi connectivity index (χ3n) is 4.19. The number of halogens is 1. The third kappa shape index (κ3) is 3.95. The van der Waals surface area contributed by atoms with Crippen molar-refractivity contribution in [2.75, 3.05) is 11.9 Å². The fourth-order valence-corrected chi connectivity index (χ4v) is 3.09. The van der Waals surface area contributed by atoms with E-state index in [1.54, 1.807) is 29.2 Å². The summed E-state index contributed by atoms with van der Waals surface area (Å²) in [5.74, 6) is -0.147. The first-order valence-electron chi connectivity index (χ1n) is 8.03. The van der Waals surface area contributed by atoms with Gasteiger partial charge in [-0.15, -0.1) is 0 Å². The monoisotopic (exact) mass is 342 g/mol. The van der Waals surface area contributed by atoms with Crippen LogP contribution in [0.15, 0.2) is 54.6 Å². The Bertz CT molecular complexity index is 716. The van der Waals surface area contributed by atoms with Crippen molar-refractivity contribution in [1.29, 1.82) is 0 Å². The summed E-state index contributed by atoms with van der Waals surface area (Å²) in [5.41, 5.74) is 1.65. The first-order chi connectivity index (χ1) is 11.6. The molecule has 24 heavy (non-hydrogen) atoms. The van der Waals surface area contributed by atoms with Gasteiger partial charge in [0.05, 0.1) is 6.42 Å². The summed E-state index contributed by atoms with van der Waals surface area (Å²) in [5, 5.41) is 3.49. The van der Waals surface area contributed by atoms with E-state index in [0.717, 1.165) is 12.0 Å². The first kappa shape index (κ1) is 16.5. The SMILES string of the molecule is O=C(Nc1ccc(Cl)cc1)[C@H]1CCCN1C(=O)Cc1ccccc1. The lowest BCUT2D eigenvalue weighted by molar-refractivity contribution is -0.136. The van der Waals surface area contributed by atoms with Gasteiger partial charge in [-0.2, -0.15) is 0 Å². The molecule has 2 aromatic carbocycles. The number of likely N-dealkylation sites (tertiary alicyclic amines) is 1. The maximum atomic E-state index is 12.6. The zero-order valence-electron chi connectivity index (χ0n) is 13.2. The minimum absolute atomic E-state index is 0.00467. The molecule has 0 unspecified atom stereocenters. The lowest BCUT2D eigenvalue weighted by Gasteiger charge is -2.24. The van der Waals surface area contributed by atoms with Crippen molar-refractivity contribution >= 4 is 29.1 Å². The van der Waals surface area contributed by atoms with Crippen LogP contribution in [-0.2, 0) is 16.0 Å². The Balaban J connectivity index is 1.65. The van der Waals surface area contributed by atoms with Crippen LogP contribution in [-0.4, -0.2) is 29.3 Å². The molecule has 0 bridgehead atoms. The van der Waals surface area contributed by atoms with E-state index in [0.29, 0.717) is 30.1 Å². The molecule has 1 aliphatic rings. The van der Waals surface area contributed by atoms with Crippen molar-refractivity contribution in [3.63, 3.8) is 0 Å². The van der Waals surface area contributed by atoms with Gasteiger partial charge in [0.15, 0.2) is 0 Å². The van der Waals surface area contributed by atoms with E-state index < -0.39 is 6.04 Å². The highest BCUT2D eigenvalue weighted by Gasteiger charge is 2.33. The molecule has 5 heteroatoms. The molecule has 2 amide bonds. The van der Waals surface area contributed by atoms with Gasteiger partial charge in [-0.05, 0) is 42.7 Å². The normalized spacial score (nSPS) is 16.9. The molecule has 0 saturated carbocycles. The first-order valence-corrected chi connectivity index (χ1v) is 8.41. The van der Waals surface area contributed by atoms with Crippen LogP contribution in [0.3, 0.4) is 0 Å². The quantitative estimate of drug-likeness (QED) is 0.924. The molecule has 1 heterocycles. The Morgan fingerprint density at radius 1 is 1.08 bits per heavy atom. The topological polar surface area (TPSA) is 49.4 Å². The molecule has 1 saturated heterocycles. The van der Waals surface area contributed by atoms with Crippen molar-refractivity contribution in [1.82, 2.24) is 4.90 Å². The summed E-state index contributed by atoms with van der Waals surface area (Å²) in [7, 11) is 0. The molecule has 4 nitrogen and oxygen atoms in total. The summed E-state index contributed by atoms with van der Waals surface area (Å²) in [6, 6.07) is 16.2. The van der Waals surface area contributed by atoms with Gasteiger partial charge >= 0.3 is 0 Å². The van der Waals surface area contributed by atoms with E-state index in [-0.39, 0.29) is 11.8 Å². The standard InChI is InChI=1S/C19H19ClN2O2/c20-15-8-10-16(11-9-15)21-19(24)17-7-4-12-22(17)18(23)13-14-5-2-1-3-6-14/h1-3,5-6,8-11,17H,4,7,12-13H2,(H,21,24)/t17-/m1/s1. The number of carbonyl (C=O) groups excluding carboxylic acids is 2. The molecule has 124 valence electrons. The molecule has 3 rings (SSSR count). The van der Waals surface area contributed by atoms with E-state index in [9.17, 15) is 9.59 Å². The van der Waals surface area contributed by atoms with E-state index in [4.69, 9.17) is 11.6 Å². The van der Waals surface area contributed by atoms with Gasteiger partial charge in [0.25, 0.3) is 0 Å². The Morgan fingerprint density at radius 3 is 2.50 bits per heavy atom. The van der Waals surface area contributed by atoms with Gasteiger partial charge in [-0.25, -0.2) is 0 Å². The molecule has 0 aliphatic carbocycles. The van der Waals surface area contributed by atoms with Crippen molar-refractivity contribution in [2.24, 2.45) is 0 Å². The predicted molar refractivity (Wildman–Crippen MR) is 95.0 cm³/mol. The third-order valence-corrected chi connectivity index (χ3v) is 4.44. The van der Waals surface area contributed by atoms with Crippen LogP contribution in [0.25, 0.3) is 0 Å². The fraction of sp³-hybridized carbons (Fsp3) is 0.263. The largest absolute Gasteiger partial charge is 0.330 e. The number of rotatable bonds is 4. The highest BCUT2D eigenvalue weighted by Crippen LogP contribution is 2.21. The Labute approximate surface area is 146 Å². The van der Waals surface area contributed by atoms with Crippen molar-refractivity contribution in [2.45, 2.75) is 25.3 Å². The lowest BCUT2D eigenvalue weighted by atomic mass is 10.1. The van der Waals surface area contributed by atoms with Crippen molar-refractivity contribution in [3.05, 3.63) is 65.2 Å². The van der Waals surface area contributed by atoms with Gasteiger partial charge < -0.3 is 10.2 Å². The highest BCUT2D eigenvalue weighted by atomic mass is 35.5. The number of nitrogens with one attached hydrogen (secondary N) is 1. The lowest BCUT2D eigenvalue weighted by Crippen LogP contribution is -2.43. The van der Waals surface area contributed by atoms with Gasteiger partial charge in [0, 0.05) is 17.3 Å². The summed E-state index contributed by atoms with van der Waals surface area (Å²) in [4.78, 5) is 26.8. The minimum Gasteiger partial charge on any atom is -0.330 e. The molecule has 1 aliphatic heterocycles. The number of nitrogens with zero attached hydrogens (tertiary/aromatic N) is 1. The van der Waals surface area contributed by atoms with Crippen LogP contribution in [0.4, 0.5) is 5.69 Å². The van der Waals surface area contributed by atoms with Crippen LogP contribution >= 0.6 is 11.6 Å². The van der Waals surface area contributed by atoms with Gasteiger partial charge in [0.1, 0.15) is 6.04 Å². The molecule has 1 fully saturated rings. The Morgan fingerprint density at radius 2 is 1.79 bits per heavy atom. The molecular formula is C19H19ClN2O2. The second kappa shape index (κ2) is 7.49. The maximum absolute atomic E-state index is 12.6. The zero-order valence-corrected chi connectivity index (χ0v) is 14.0. The molecule has 1 N–H and O–H groups in total. The smallest absolute Gasteiger partial charge is 0.247 e. The second-order valence-corrected chi connectivity index (χ2v) is 6.34. The van der Waals surface area contributed by atoms with Gasteiger partial charge in [-0.3, -0.25) is 9.59 Å². The molecule has 0 radical (unpaired) electrons. The second-order valence-electron chi connectivity index (χ2n) is 5.90. The fourth-order valence-electron chi connectivity index (χ4n) is 2.97. The maximum Gasteiger partial charge on any atom is 0.247 e. The highest BCUT2D eigenvalue weighted by molar-refractivity contribution is 6.30. The molecular weight excluding hydrogens is 324 g/mol. The van der Waals surface area contributed by atoms with Gasteiger partial charge in [0.2, 0.25) is 11.8 Å². The van der Waals surface area contributed by atoms with E-state index >= 15 is 0 Å². The summed E-state index contributed by atoms with van der Waals surface area (Å²) in [6.07, 6.45) is 1.87. The number of amides is 2.